The largest absolute Gasteiger partial charge is 0.447 e. The second-order valence-corrected chi connectivity index (χ2v) is 10.9. The Bertz CT molecular complexity index is 853. The predicted octanol–water partition coefficient (Wildman–Crippen LogP) is 9.73. The molecule has 0 aliphatic heterocycles. The van der Waals surface area contributed by atoms with E-state index in [1.807, 2.05) is 18.2 Å². The third-order valence-electron chi connectivity index (χ3n) is 7.10. The predicted molar refractivity (Wildman–Crippen MR) is 159 cm³/mol. The van der Waals surface area contributed by atoms with Gasteiger partial charge in [-0.2, -0.15) is 0 Å². The molecule has 0 saturated heterocycles. The van der Waals surface area contributed by atoms with Gasteiger partial charge in [-0.15, -0.1) is 0 Å². The lowest BCUT2D eigenvalue weighted by Gasteiger charge is -2.22. The molecule has 0 fully saturated rings. The molecule has 1 atom stereocenters. The number of nitrogens with one attached hydrogen (secondary N) is 2. The maximum atomic E-state index is 12.9. The van der Waals surface area contributed by atoms with Gasteiger partial charge in [-0.25, -0.2) is 4.79 Å². The maximum Gasteiger partial charge on any atom is 0.411 e. The molecule has 4 nitrogen and oxygen atoms in total. The van der Waals surface area contributed by atoms with Crippen molar-refractivity contribution in [2.24, 2.45) is 0 Å². The first-order valence-electron chi connectivity index (χ1n) is 14.8. The van der Waals surface area contributed by atoms with E-state index >= 15 is 0 Å². The van der Waals surface area contributed by atoms with Crippen LogP contribution in [0.3, 0.4) is 0 Å². The molecule has 37 heavy (non-hydrogen) atoms. The number of hydrogen-bond acceptors (Lipinski definition) is 3. The van der Waals surface area contributed by atoms with Crippen LogP contribution in [0.5, 0.6) is 0 Å². The van der Waals surface area contributed by atoms with Gasteiger partial charge in [0, 0.05) is 0 Å². The number of rotatable bonds is 18. The van der Waals surface area contributed by atoms with Crippen LogP contribution in [0.15, 0.2) is 48.5 Å². The number of unbranched alkanes of at least 4 members (excludes halogenated alkanes) is 9. The molecule has 2 rings (SSSR count). The van der Waals surface area contributed by atoms with Gasteiger partial charge in [0.15, 0.2) is 0 Å². The Morgan fingerprint density at radius 1 is 0.730 bits per heavy atom. The van der Waals surface area contributed by atoms with Crippen LogP contribution in [-0.4, -0.2) is 19.2 Å². The standard InChI is InChI=1S/C33H52N2O2/c1-6-7-8-9-10-11-12-13-14-18-24-34-31(28-20-16-15-17-21-28)25-37-33(36)35-32-29(26(2)3)22-19-23-30(32)27(4)5/h15-17,19-23,26-27,31,34H,6-14,18,24-25H2,1-5H3,(H,35,36). The highest BCUT2D eigenvalue weighted by molar-refractivity contribution is 5.87. The first-order chi connectivity index (χ1) is 17.9. The van der Waals surface area contributed by atoms with Gasteiger partial charge in [-0.3, -0.25) is 5.32 Å². The van der Waals surface area contributed by atoms with E-state index in [2.05, 4.69) is 75.6 Å². The van der Waals surface area contributed by atoms with Gasteiger partial charge < -0.3 is 10.1 Å². The molecule has 0 aromatic heterocycles. The normalized spacial score (nSPS) is 12.2. The minimum atomic E-state index is -0.392. The van der Waals surface area contributed by atoms with Crippen molar-refractivity contribution in [3.8, 4) is 0 Å². The first kappa shape index (κ1) is 30.9. The average molecular weight is 509 g/mol. The Morgan fingerprint density at radius 3 is 1.81 bits per heavy atom. The van der Waals surface area contributed by atoms with Crippen molar-refractivity contribution in [2.45, 2.75) is 117 Å². The second-order valence-electron chi connectivity index (χ2n) is 10.9. The molecule has 1 amide bonds. The van der Waals surface area contributed by atoms with Crippen molar-refractivity contribution in [3.05, 3.63) is 65.2 Å². The quantitative estimate of drug-likeness (QED) is 0.197. The number of para-hydroxylation sites is 1. The fourth-order valence-corrected chi connectivity index (χ4v) is 4.84. The molecule has 0 aliphatic carbocycles. The molecule has 2 aromatic carbocycles. The van der Waals surface area contributed by atoms with Gasteiger partial charge in [0.25, 0.3) is 0 Å². The number of amides is 1. The molecule has 0 saturated carbocycles. The van der Waals surface area contributed by atoms with Gasteiger partial charge in [-0.05, 0) is 41.5 Å². The SMILES string of the molecule is CCCCCCCCCCCCNC(COC(=O)Nc1c(C(C)C)cccc1C(C)C)c1ccccc1. The van der Waals surface area contributed by atoms with Crippen molar-refractivity contribution in [1.29, 1.82) is 0 Å². The molecule has 0 spiro atoms. The number of benzene rings is 2. The summed E-state index contributed by atoms with van der Waals surface area (Å²) in [6.45, 7) is 12.1. The molecule has 2 aromatic rings. The van der Waals surface area contributed by atoms with Crippen molar-refractivity contribution in [2.75, 3.05) is 18.5 Å². The van der Waals surface area contributed by atoms with Gasteiger partial charge in [0.2, 0.25) is 0 Å². The number of anilines is 1. The van der Waals surface area contributed by atoms with E-state index in [1.165, 1.54) is 57.8 Å². The van der Waals surface area contributed by atoms with E-state index in [1.54, 1.807) is 0 Å². The molecule has 4 heteroatoms. The van der Waals surface area contributed by atoms with Crippen molar-refractivity contribution in [1.82, 2.24) is 5.32 Å². The van der Waals surface area contributed by atoms with Crippen LogP contribution in [0, 0.1) is 0 Å². The van der Waals surface area contributed by atoms with Crippen LogP contribution >= 0.6 is 0 Å². The molecule has 2 N–H and O–H groups in total. The van der Waals surface area contributed by atoms with Gasteiger partial charge in [0.05, 0.1) is 11.7 Å². The summed E-state index contributed by atoms with van der Waals surface area (Å²) in [5.41, 5.74) is 4.32. The van der Waals surface area contributed by atoms with Crippen LogP contribution in [0.1, 0.15) is 133 Å². The summed E-state index contributed by atoms with van der Waals surface area (Å²) in [4.78, 5) is 12.9. The molecule has 0 radical (unpaired) electrons. The smallest absolute Gasteiger partial charge is 0.411 e. The van der Waals surface area contributed by atoms with E-state index < -0.39 is 6.09 Å². The Kier molecular flexibility index (Phi) is 15.0. The van der Waals surface area contributed by atoms with E-state index in [9.17, 15) is 4.79 Å². The van der Waals surface area contributed by atoms with E-state index in [4.69, 9.17) is 4.74 Å². The molecule has 0 aliphatic rings. The average Bonchev–Trinajstić information content (AvgIpc) is 2.89. The van der Waals surface area contributed by atoms with Crippen LogP contribution in [0.2, 0.25) is 0 Å². The Morgan fingerprint density at radius 2 is 1.27 bits per heavy atom. The number of carbonyl (C=O) groups is 1. The third-order valence-corrected chi connectivity index (χ3v) is 7.10. The fraction of sp³-hybridized carbons (Fsp3) is 0.606. The highest BCUT2D eigenvalue weighted by Gasteiger charge is 2.18. The zero-order chi connectivity index (χ0) is 26.9. The van der Waals surface area contributed by atoms with E-state index in [0.29, 0.717) is 18.4 Å². The number of hydrogen-bond donors (Lipinski definition) is 2. The number of carbonyl (C=O) groups excluding carboxylic acids is 1. The van der Waals surface area contributed by atoms with Crippen molar-refractivity contribution >= 4 is 11.8 Å². The lowest BCUT2D eigenvalue weighted by Crippen LogP contribution is -2.29. The lowest BCUT2D eigenvalue weighted by atomic mass is 9.93. The van der Waals surface area contributed by atoms with E-state index in [-0.39, 0.29) is 6.04 Å². The monoisotopic (exact) mass is 508 g/mol. The summed E-state index contributed by atoms with van der Waals surface area (Å²) in [6, 6.07) is 16.5. The summed E-state index contributed by atoms with van der Waals surface area (Å²) in [5.74, 6) is 0.627. The van der Waals surface area contributed by atoms with Crippen LogP contribution in [-0.2, 0) is 4.74 Å². The van der Waals surface area contributed by atoms with Crippen LogP contribution in [0.4, 0.5) is 10.5 Å². The Labute approximate surface area is 227 Å². The topological polar surface area (TPSA) is 50.4 Å². The summed E-state index contributed by atoms with van der Waals surface area (Å²) < 4.78 is 5.77. The summed E-state index contributed by atoms with van der Waals surface area (Å²) in [7, 11) is 0. The molecule has 1 unspecified atom stereocenters. The summed E-state index contributed by atoms with van der Waals surface area (Å²) >= 11 is 0. The molecule has 206 valence electrons. The summed E-state index contributed by atoms with van der Waals surface area (Å²) in [6.07, 6.45) is 12.9. The molecule has 0 heterocycles. The molecular weight excluding hydrogens is 456 g/mol. The highest BCUT2D eigenvalue weighted by atomic mass is 16.5. The van der Waals surface area contributed by atoms with Crippen molar-refractivity contribution < 1.29 is 9.53 Å². The number of ether oxygens (including phenoxy) is 1. The zero-order valence-corrected chi connectivity index (χ0v) is 24.2. The third kappa shape index (κ3) is 11.7. The maximum absolute atomic E-state index is 12.9. The minimum Gasteiger partial charge on any atom is -0.447 e. The van der Waals surface area contributed by atoms with Gasteiger partial charge in [0.1, 0.15) is 6.61 Å². The van der Waals surface area contributed by atoms with Crippen molar-refractivity contribution in [3.63, 3.8) is 0 Å². The summed E-state index contributed by atoms with van der Waals surface area (Å²) in [5, 5.41) is 6.71. The Balaban J connectivity index is 1.83. The fourth-order valence-electron chi connectivity index (χ4n) is 4.84. The van der Waals surface area contributed by atoms with Crippen LogP contribution < -0.4 is 10.6 Å². The lowest BCUT2D eigenvalue weighted by molar-refractivity contribution is 0.148. The highest BCUT2D eigenvalue weighted by Crippen LogP contribution is 2.32. The van der Waals surface area contributed by atoms with E-state index in [0.717, 1.165) is 35.3 Å². The van der Waals surface area contributed by atoms with Crippen LogP contribution in [0.25, 0.3) is 0 Å². The molecule has 0 bridgehead atoms. The zero-order valence-electron chi connectivity index (χ0n) is 24.2. The van der Waals surface area contributed by atoms with Gasteiger partial charge >= 0.3 is 6.09 Å². The second kappa shape index (κ2) is 18.0. The Hall–Kier alpha value is -2.33. The first-order valence-corrected chi connectivity index (χ1v) is 14.8. The van der Waals surface area contributed by atoms with Gasteiger partial charge in [-0.1, -0.05) is 141 Å². The molecular formula is C33H52N2O2. The minimum absolute atomic E-state index is 0.0181.